The van der Waals surface area contributed by atoms with Crippen LogP contribution in [0.25, 0.3) is 11.0 Å². The van der Waals surface area contributed by atoms with Crippen LogP contribution >= 0.6 is 0 Å². The molecule has 9 heteroatoms. The van der Waals surface area contributed by atoms with Crippen molar-refractivity contribution in [2.24, 2.45) is 11.8 Å². The maximum absolute atomic E-state index is 14.3. The van der Waals surface area contributed by atoms with Crippen LogP contribution in [0.2, 0.25) is 0 Å². The van der Waals surface area contributed by atoms with E-state index in [0.29, 0.717) is 45.2 Å². The fourth-order valence-corrected chi connectivity index (χ4v) is 5.31. The number of aromatic nitrogens is 2. The zero-order valence-electron chi connectivity index (χ0n) is 23.8. The lowest BCUT2D eigenvalue weighted by Gasteiger charge is -2.43. The van der Waals surface area contributed by atoms with Gasteiger partial charge >= 0.3 is 6.09 Å². The van der Waals surface area contributed by atoms with E-state index in [1.54, 1.807) is 12.0 Å². The van der Waals surface area contributed by atoms with Gasteiger partial charge in [-0.3, -0.25) is 4.79 Å². The van der Waals surface area contributed by atoms with E-state index in [1.807, 2.05) is 49.9 Å². The van der Waals surface area contributed by atoms with Gasteiger partial charge in [-0.1, -0.05) is 26.0 Å². The van der Waals surface area contributed by atoms with E-state index in [1.165, 1.54) is 0 Å². The summed E-state index contributed by atoms with van der Waals surface area (Å²) in [6.45, 7) is 13.5. The third-order valence-electron chi connectivity index (χ3n) is 7.09. The second-order valence-electron chi connectivity index (χ2n) is 12.0. The molecule has 2 fully saturated rings. The summed E-state index contributed by atoms with van der Waals surface area (Å²) in [4.78, 5) is 35.9. The van der Waals surface area contributed by atoms with Gasteiger partial charge in [0, 0.05) is 45.8 Å². The first kappa shape index (κ1) is 28.4. The molecule has 2 unspecified atom stereocenters. The topological polar surface area (TPSA) is 89.4 Å². The van der Waals surface area contributed by atoms with Gasteiger partial charge in [-0.2, -0.15) is 0 Å². The summed E-state index contributed by atoms with van der Waals surface area (Å²) in [6.07, 6.45) is 2.37. The number of rotatable bonds is 10. The van der Waals surface area contributed by atoms with Gasteiger partial charge in [0.15, 0.2) is 5.82 Å². The number of benzene rings is 1. The van der Waals surface area contributed by atoms with E-state index in [-0.39, 0.29) is 36.0 Å². The van der Waals surface area contributed by atoms with Crippen LogP contribution in [-0.4, -0.2) is 89.1 Å². The quantitative estimate of drug-likeness (QED) is 0.331. The average molecular weight is 529 g/mol. The van der Waals surface area contributed by atoms with Crippen molar-refractivity contribution in [1.29, 1.82) is 0 Å². The standard InChI is InChI=1S/C29H44N4O5/c1-20(2)16-33(22-15-21(25-19-37-25)17-31(18-22)28(35)38-29(3,4)5)27(34)26-30-23-11-7-8-12-24(23)32(26)13-9-10-14-36-6/h7-8,11-12,20-22,25H,9-10,13-19H2,1-6H3/t21?,22-,25?/m0/s1. The molecule has 0 bridgehead atoms. The van der Waals surface area contributed by atoms with Gasteiger partial charge in [-0.05, 0) is 58.1 Å². The molecule has 210 valence electrons. The third-order valence-corrected chi connectivity index (χ3v) is 7.09. The van der Waals surface area contributed by atoms with E-state index < -0.39 is 5.60 Å². The van der Waals surface area contributed by atoms with E-state index in [0.717, 1.165) is 30.3 Å². The van der Waals surface area contributed by atoms with Crippen LogP contribution in [0.15, 0.2) is 24.3 Å². The minimum absolute atomic E-state index is 0.0897. The zero-order valence-corrected chi connectivity index (χ0v) is 23.8. The first-order chi connectivity index (χ1) is 18.1. The second-order valence-corrected chi connectivity index (χ2v) is 12.0. The largest absolute Gasteiger partial charge is 0.444 e. The lowest BCUT2D eigenvalue weighted by Crippen LogP contribution is -2.56. The van der Waals surface area contributed by atoms with Crippen molar-refractivity contribution in [1.82, 2.24) is 19.4 Å². The Kier molecular flexibility index (Phi) is 8.98. The summed E-state index contributed by atoms with van der Waals surface area (Å²) < 4.78 is 18.6. The lowest BCUT2D eigenvalue weighted by atomic mass is 9.90. The van der Waals surface area contributed by atoms with Crippen molar-refractivity contribution in [3.05, 3.63) is 30.1 Å². The Hall–Kier alpha value is -2.65. The van der Waals surface area contributed by atoms with Crippen LogP contribution in [0.4, 0.5) is 4.79 Å². The Bertz CT molecular complexity index is 1100. The maximum Gasteiger partial charge on any atom is 0.410 e. The number of amides is 2. The minimum atomic E-state index is -0.587. The normalized spacial score (nSPS) is 21.7. The SMILES string of the molecule is COCCCCn1c(C(=O)N(CC(C)C)[C@H]2CC(C3CO3)CN(C(=O)OC(C)(C)C)C2)nc2ccccc21. The van der Waals surface area contributed by atoms with Gasteiger partial charge in [-0.15, -0.1) is 0 Å². The molecule has 2 aliphatic heterocycles. The Labute approximate surface area is 226 Å². The molecule has 1 aromatic heterocycles. The Morgan fingerprint density at radius 1 is 1.18 bits per heavy atom. The number of fused-ring (bicyclic) bond motifs is 1. The number of piperidine rings is 1. The molecular formula is C29H44N4O5. The summed E-state index contributed by atoms with van der Waals surface area (Å²) in [7, 11) is 1.70. The number of nitrogens with zero attached hydrogens (tertiary/aromatic N) is 4. The average Bonchev–Trinajstić information content (AvgIpc) is 3.65. The first-order valence-corrected chi connectivity index (χ1v) is 13.9. The van der Waals surface area contributed by atoms with Gasteiger partial charge in [-0.25, -0.2) is 9.78 Å². The van der Waals surface area contributed by atoms with E-state index in [4.69, 9.17) is 19.2 Å². The van der Waals surface area contributed by atoms with Crippen LogP contribution in [0, 0.1) is 11.8 Å². The number of ether oxygens (including phenoxy) is 3. The molecule has 3 atom stereocenters. The van der Waals surface area contributed by atoms with Crippen molar-refractivity contribution in [2.45, 2.75) is 78.2 Å². The zero-order chi connectivity index (χ0) is 27.4. The van der Waals surface area contributed by atoms with Crippen molar-refractivity contribution in [3.8, 4) is 0 Å². The second kappa shape index (κ2) is 12.0. The molecule has 3 heterocycles. The summed E-state index contributed by atoms with van der Waals surface area (Å²) in [5, 5.41) is 0. The molecule has 0 spiro atoms. The van der Waals surface area contributed by atoms with Gasteiger partial charge < -0.3 is 28.6 Å². The molecule has 2 amide bonds. The molecule has 2 aromatic rings. The fourth-order valence-electron chi connectivity index (χ4n) is 5.31. The van der Waals surface area contributed by atoms with Gasteiger partial charge in [0.05, 0.1) is 29.8 Å². The molecule has 4 rings (SSSR count). The predicted molar refractivity (Wildman–Crippen MR) is 146 cm³/mol. The number of hydrogen-bond donors (Lipinski definition) is 0. The highest BCUT2D eigenvalue weighted by molar-refractivity contribution is 5.95. The molecule has 1 aromatic carbocycles. The lowest BCUT2D eigenvalue weighted by molar-refractivity contribution is -0.00159. The molecule has 0 aliphatic carbocycles. The molecular weight excluding hydrogens is 484 g/mol. The van der Waals surface area contributed by atoms with Crippen molar-refractivity contribution < 1.29 is 23.8 Å². The molecule has 0 radical (unpaired) electrons. The molecule has 2 aliphatic rings. The summed E-state index contributed by atoms with van der Waals surface area (Å²) in [6, 6.07) is 7.76. The Balaban J connectivity index is 1.64. The van der Waals surface area contributed by atoms with Crippen molar-refractivity contribution in [2.75, 3.05) is 40.0 Å². The smallest absolute Gasteiger partial charge is 0.410 e. The Morgan fingerprint density at radius 3 is 2.58 bits per heavy atom. The summed E-state index contributed by atoms with van der Waals surface area (Å²) >= 11 is 0. The number of aryl methyl sites for hydroxylation is 1. The molecule has 2 saturated heterocycles. The molecule has 0 N–H and O–H groups in total. The molecule has 9 nitrogen and oxygen atoms in total. The fraction of sp³-hybridized carbons (Fsp3) is 0.690. The monoisotopic (exact) mass is 528 g/mol. The third kappa shape index (κ3) is 7.05. The van der Waals surface area contributed by atoms with Crippen molar-refractivity contribution in [3.63, 3.8) is 0 Å². The number of unbranched alkanes of at least 4 members (excludes halogenated alkanes) is 1. The number of hydrogen-bond acceptors (Lipinski definition) is 6. The highest BCUT2D eigenvalue weighted by Gasteiger charge is 2.44. The number of epoxide rings is 1. The van der Waals surface area contributed by atoms with E-state index >= 15 is 0 Å². The number of carbonyl (C=O) groups is 2. The van der Waals surface area contributed by atoms with Crippen molar-refractivity contribution >= 4 is 23.0 Å². The summed E-state index contributed by atoms with van der Waals surface area (Å²) in [5.41, 5.74) is 1.19. The predicted octanol–water partition coefficient (Wildman–Crippen LogP) is 4.59. The van der Waals surface area contributed by atoms with Gasteiger partial charge in [0.2, 0.25) is 0 Å². The van der Waals surface area contributed by atoms with Gasteiger partial charge in [0.1, 0.15) is 5.60 Å². The number of para-hydroxylation sites is 2. The maximum atomic E-state index is 14.3. The minimum Gasteiger partial charge on any atom is -0.444 e. The number of likely N-dealkylation sites (tertiary alicyclic amines) is 1. The van der Waals surface area contributed by atoms with Crippen LogP contribution < -0.4 is 0 Å². The first-order valence-electron chi connectivity index (χ1n) is 13.9. The Morgan fingerprint density at radius 2 is 1.92 bits per heavy atom. The molecule has 38 heavy (non-hydrogen) atoms. The molecule has 0 saturated carbocycles. The highest BCUT2D eigenvalue weighted by atomic mass is 16.6. The number of methoxy groups -OCH3 is 1. The number of carbonyl (C=O) groups excluding carboxylic acids is 2. The van der Waals surface area contributed by atoms with E-state index in [9.17, 15) is 9.59 Å². The van der Waals surface area contributed by atoms with E-state index in [2.05, 4.69) is 18.4 Å². The number of imidazole rings is 1. The van der Waals surface area contributed by atoms with Crippen LogP contribution in [-0.2, 0) is 20.8 Å². The van der Waals surface area contributed by atoms with Gasteiger partial charge in [0.25, 0.3) is 5.91 Å². The van der Waals surface area contributed by atoms with Crippen LogP contribution in [0.3, 0.4) is 0 Å². The van der Waals surface area contributed by atoms with Crippen LogP contribution in [0.5, 0.6) is 0 Å². The summed E-state index contributed by atoms with van der Waals surface area (Å²) in [5.74, 6) is 0.786. The van der Waals surface area contributed by atoms with Crippen LogP contribution in [0.1, 0.15) is 64.5 Å². The highest BCUT2D eigenvalue weighted by Crippen LogP contribution is 2.32.